The smallest absolute Gasteiger partial charge is 0.343 e. The Kier molecular flexibility index (Phi) is 5.75. The highest BCUT2D eigenvalue weighted by Crippen LogP contribution is 2.30. The van der Waals surface area contributed by atoms with Crippen molar-refractivity contribution < 1.29 is 39.5 Å². The van der Waals surface area contributed by atoms with Gasteiger partial charge in [-0.05, 0) is 12.1 Å². The summed E-state index contributed by atoms with van der Waals surface area (Å²) in [7, 11) is 0. The van der Waals surface area contributed by atoms with Crippen LogP contribution in [0.3, 0.4) is 0 Å². The van der Waals surface area contributed by atoms with E-state index in [0.717, 1.165) is 12.1 Å². The molecule has 0 aliphatic carbocycles. The Labute approximate surface area is 113 Å². The Morgan fingerprint density at radius 1 is 0.850 bits per heavy atom. The fourth-order valence-electron chi connectivity index (χ4n) is 1.41. The average molecular weight is 286 g/mol. The third kappa shape index (κ3) is 3.59. The summed E-state index contributed by atoms with van der Waals surface area (Å²) in [5, 5.41) is 36.4. The molecule has 0 radical (unpaired) electrons. The summed E-state index contributed by atoms with van der Waals surface area (Å²) >= 11 is 0. The van der Waals surface area contributed by atoms with E-state index in [1.807, 2.05) is 0 Å². The molecule has 8 heteroatoms. The van der Waals surface area contributed by atoms with Crippen molar-refractivity contribution >= 4 is 11.9 Å². The van der Waals surface area contributed by atoms with Crippen LogP contribution < -0.4 is 0 Å². The number of aliphatic hydroxyl groups is 2. The number of carbonyl (C=O) groups is 2. The fraction of sp³-hybridized carbons (Fsp3) is 0.333. The van der Waals surface area contributed by atoms with Crippen LogP contribution in [0.5, 0.6) is 11.5 Å². The van der Waals surface area contributed by atoms with Gasteiger partial charge in [0, 0.05) is 0 Å². The van der Waals surface area contributed by atoms with Gasteiger partial charge < -0.3 is 29.9 Å². The molecule has 0 aliphatic rings. The Bertz CT molecular complexity index is 451. The summed E-state index contributed by atoms with van der Waals surface area (Å²) in [5.41, 5.74) is -1.14. The number of aliphatic hydroxyl groups excluding tert-OH is 2. The van der Waals surface area contributed by atoms with E-state index in [1.165, 1.54) is 0 Å². The molecule has 1 aromatic rings. The van der Waals surface area contributed by atoms with E-state index in [4.69, 9.17) is 10.2 Å². The second kappa shape index (κ2) is 7.31. The zero-order valence-corrected chi connectivity index (χ0v) is 10.4. The zero-order valence-electron chi connectivity index (χ0n) is 10.4. The summed E-state index contributed by atoms with van der Waals surface area (Å²) in [5.74, 6) is -3.35. The number of esters is 2. The van der Waals surface area contributed by atoms with Crippen molar-refractivity contribution in [3.63, 3.8) is 0 Å². The number of carbonyl (C=O) groups excluding carboxylic acids is 2. The number of hydrogen-bond donors (Lipinski definition) is 4. The highest BCUT2D eigenvalue weighted by molar-refractivity contribution is 6.06. The molecule has 0 saturated heterocycles. The highest BCUT2D eigenvalue weighted by Gasteiger charge is 2.27. The molecule has 110 valence electrons. The standard InChI is InChI=1S/C12H14O8/c13-3-5-19-11(17)9-7(15)1-2-8(16)10(9)12(18)20-6-4-14/h1-2,13-16H,3-6H2. The predicted molar refractivity (Wildman–Crippen MR) is 64.5 cm³/mol. The van der Waals surface area contributed by atoms with Gasteiger partial charge in [0.05, 0.1) is 13.2 Å². The van der Waals surface area contributed by atoms with Crippen LogP contribution >= 0.6 is 0 Å². The molecule has 0 aromatic heterocycles. The van der Waals surface area contributed by atoms with Gasteiger partial charge in [0.25, 0.3) is 0 Å². The van der Waals surface area contributed by atoms with Crippen LogP contribution in [0.1, 0.15) is 20.7 Å². The summed E-state index contributed by atoms with van der Waals surface area (Å²) in [6.07, 6.45) is 0. The van der Waals surface area contributed by atoms with E-state index < -0.39 is 47.8 Å². The van der Waals surface area contributed by atoms with E-state index in [9.17, 15) is 19.8 Å². The number of benzene rings is 1. The molecule has 8 nitrogen and oxygen atoms in total. The van der Waals surface area contributed by atoms with Crippen LogP contribution in [0.2, 0.25) is 0 Å². The normalized spacial score (nSPS) is 10.1. The van der Waals surface area contributed by atoms with Crippen LogP contribution in [-0.2, 0) is 9.47 Å². The first-order chi connectivity index (χ1) is 9.52. The zero-order chi connectivity index (χ0) is 15.1. The molecule has 0 aliphatic heterocycles. The molecular formula is C12H14O8. The number of ether oxygens (including phenoxy) is 2. The van der Waals surface area contributed by atoms with Crippen LogP contribution in [0.15, 0.2) is 12.1 Å². The van der Waals surface area contributed by atoms with E-state index in [0.29, 0.717) is 0 Å². The summed E-state index contributed by atoms with van der Waals surface area (Å²) in [6, 6.07) is 2.02. The quantitative estimate of drug-likeness (QED) is 0.402. The van der Waals surface area contributed by atoms with Gasteiger partial charge in [0.2, 0.25) is 0 Å². The topological polar surface area (TPSA) is 134 Å². The predicted octanol–water partition coefficient (Wildman–Crippen LogP) is -0.604. The maximum Gasteiger partial charge on any atom is 0.343 e. The van der Waals surface area contributed by atoms with Crippen LogP contribution in [0, 0.1) is 0 Å². The fourth-order valence-corrected chi connectivity index (χ4v) is 1.41. The number of rotatable bonds is 6. The van der Waals surface area contributed by atoms with E-state index in [1.54, 1.807) is 0 Å². The van der Waals surface area contributed by atoms with Crippen molar-refractivity contribution in [3.8, 4) is 11.5 Å². The molecule has 4 N–H and O–H groups in total. The van der Waals surface area contributed by atoms with Crippen LogP contribution in [0.25, 0.3) is 0 Å². The Hall–Kier alpha value is -2.32. The first kappa shape index (κ1) is 15.7. The van der Waals surface area contributed by atoms with Gasteiger partial charge in [0.1, 0.15) is 35.8 Å². The van der Waals surface area contributed by atoms with E-state index in [2.05, 4.69) is 9.47 Å². The first-order valence-electron chi connectivity index (χ1n) is 5.63. The Morgan fingerprint density at radius 3 is 1.50 bits per heavy atom. The monoisotopic (exact) mass is 286 g/mol. The van der Waals surface area contributed by atoms with Crippen molar-refractivity contribution in [1.82, 2.24) is 0 Å². The van der Waals surface area contributed by atoms with Gasteiger partial charge in [-0.15, -0.1) is 0 Å². The molecule has 20 heavy (non-hydrogen) atoms. The largest absolute Gasteiger partial charge is 0.507 e. The van der Waals surface area contributed by atoms with Crippen molar-refractivity contribution in [3.05, 3.63) is 23.3 Å². The Balaban J connectivity index is 3.17. The molecule has 0 fully saturated rings. The van der Waals surface area contributed by atoms with Crippen molar-refractivity contribution in [2.75, 3.05) is 26.4 Å². The molecule has 0 bridgehead atoms. The molecule has 0 spiro atoms. The third-order valence-electron chi connectivity index (χ3n) is 2.22. The second-order valence-corrected chi connectivity index (χ2v) is 3.57. The lowest BCUT2D eigenvalue weighted by Gasteiger charge is -2.11. The van der Waals surface area contributed by atoms with Crippen molar-refractivity contribution in [2.24, 2.45) is 0 Å². The SMILES string of the molecule is O=C(OCCO)c1c(O)ccc(O)c1C(=O)OCCO. The minimum absolute atomic E-state index is 0.334. The van der Waals surface area contributed by atoms with E-state index >= 15 is 0 Å². The van der Waals surface area contributed by atoms with Crippen LogP contribution in [-0.4, -0.2) is 58.8 Å². The molecule has 0 heterocycles. The molecular weight excluding hydrogens is 272 g/mol. The van der Waals surface area contributed by atoms with E-state index in [-0.39, 0.29) is 13.2 Å². The second-order valence-electron chi connectivity index (χ2n) is 3.57. The van der Waals surface area contributed by atoms with Gasteiger partial charge >= 0.3 is 11.9 Å². The van der Waals surface area contributed by atoms with Gasteiger partial charge in [0.15, 0.2) is 0 Å². The minimum atomic E-state index is -1.09. The lowest BCUT2D eigenvalue weighted by Crippen LogP contribution is -2.17. The lowest BCUT2D eigenvalue weighted by atomic mass is 10.1. The highest BCUT2D eigenvalue weighted by atomic mass is 16.5. The summed E-state index contributed by atoms with van der Waals surface area (Å²) in [4.78, 5) is 23.4. The van der Waals surface area contributed by atoms with Gasteiger partial charge in [-0.1, -0.05) is 0 Å². The van der Waals surface area contributed by atoms with Crippen molar-refractivity contribution in [1.29, 1.82) is 0 Å². The molecule has 1 rings (SSSR count). The summed E-state index contributed by atoms with van der Waals surface area (Å²) in [6.45, 7) is -1.54. The maximum absolute atomic E-state index is 11.7. The molecule has 0 saturated carbocycles. The number of aromatic hydroxyl groups is 2. The number of phenols is 2. The maximum atomic E-state index is 11.7. The van der Waals surface area contributed by atoms with Gasteiger partial charge in [-0.25, -0.2) is 9.59 Å². The van der Waals surface area contributed by atoms with Crippen molar-refractivity contribution in [2.45, 2.75) is 0 Å². The van der Waals surface area contributed by atoms with Gasteiger partial charge in [-0.2, -0.15) is 0 Å². The van der Waals surface area contributed by atoms with Crippen LogP contribution in [0.4, 0.5) is 0 Å². The lowest BCUT2D eigenvalue weighted by molar-refractivity contribution is 0.0383. The number of hydrogen-bond acceptors (Lipinski definition) is 8. The molecule has 0 unspecified atom stereocenters. The molecule has 0 atom stereocenters. The first-order valence-corrected chi connectivity index (χ1v) is 5.63. The minimum Gasteiger partial charge on any atom is -0.507 e. The number of phenolic OH excluding ortho intramolecular Hbond substituents is 2. The Morgan fingerprint density at radius 2 is 1.20 bits per heavy atom. The molecule has 0 amide bonds. The summed E-state index contributed by atoms with van der Waals surface area (Å²) < 4.78 is 9.18. The average Bonchev–Trinajstić information content (AvgIpc) is 2.44. The third-order valence-corrected chi connectivity index (χ3v) is 2.22. The molecule has 1 aromatic carbocycles. The van der Waals surface area contributed by atoms with Gasteiger partial charge in [-0.3, -0.25) is 0 Å².